The molecule has 1 aromatic rings. The molecule has 1 aromatic heterocycles. The fourth-order valence-corrected chi connectivity index (χ4v) is 1.85. The molecule has 1 fully saturated rings. The summed E-state index contributed by atoms with van der Waals surface area (Å²) in [6, 6.07) is 2.30. The van der Waals surface area contributed by atoms with Crippen molar-refractivity contribution in [2.75, 3.05) is 6.61 Å². The molecule has 2 unspecified atom stereocenters. The summed E-state index contributed by atoms with van der Waals surface area (Å²) in [7, 11) is 1.93. The van der Waals surface area contributed by atoms with Crippen molar-refractivity contribution in [2.24, 2.45) is 13.0 Å². The molecular weight excluding hydrogens is 178 g/mol. The molecule has 2 rings (SSSR count). The van der Waals surface area contributed by atoms with E-state index < -0.39 is 0 Å². The predicted molar refractivity (Wildman–Crippen MR) is 50.2 cm³/mol. The maximum absolute atomic E-state index is 8.99. The lowest BCUT2D eigenvalue weighted by Crippen LogP contribution is -2.23. The average Bonchev–Trinajstić information content (AvgIpc) is 2.64. The second kappa shape index (κ2) is 3.81. The Morgan fingerprint density at radius 3 is 3.21 bits per heavy atom. The van der Waals surface area contributed by atoms with Crippen molar-refractivity contribution in [3.05, 3.63) is 18.2 Å². The Labute approximate surface area is 83.1 Å². The number of ether oxygens (including phenoxy) is 1. The molecule has 0 aromatic carbocycles. The van der Waals surface area contributed by atoms with E-state index in [1.54, 1.807) is 12.5 Å². The van der Waals surface area contributed by atoms with Crippen molar-refractivity contribution in [3.8, 4) is 6.07 Å². The average molecular weight is 191 g/mol. The Balaban J connectivity index is 2.24. The summed E-state index contributed by atoms with van der Waals surface area (Å²) < 4.78 is 7.54. The van der Waals surface area contributed by atoms with Crippen molar-refractivity contribution >= 4 is 0 Å². The molecule has 0 saturated carbocycles. The zero-order valence-electron chi connectivity index (χ0n) is 8.18. The van der Waals surface area contributed by atoms with Crippen LogP contribution >= 0.6 is 0 Å². The van der Waals surface area contributed by atoms with E-state index in [2.05, 4.69) is 11.1 Å². The number of aryl methyl sites for hydroxylation is 1. The van der Waals surface area contributed by atoms with Crippen LogP contribution in [0.1, 0.15) is 24.6 Å². The summed E-state index contributed by atoms with van der Waals surface area (Å²) in [4.78, 5) is 4.04. The minimum absolute atomic E-state index is 0.0286. The summed E-state index contributed by atoms with van der Waals surface area (Å²) in [5.74, 6) is -0.0286. The zero-order chi connectivity index (χ0) is 9.97. The van der Waals surface area contributed by atoms with Gasteiger partial charge in [0.15, 0.2) is 0 Å². The van der Waals surface area contributed by atoms with Crippen LogP contribution in [0.3, 0.4) is 0 Å². The first kappa shape index (κ1) is 9.22. The Morgan fingerprint density at radius 1 is 1.71 bits per heavy atom. The monoisotopic (exact) mass is 191 g/mol. The molecule has 0 spiro atoms. The van der Waals surface area contributed by atoms with E-state index in [4.69, 9.17) is 10.00 Å². The molecule has 4 nitrogen and oxygen atoms in total. The van der Waals surface area contributed by atoms with Crippen LogP contribution in [0, 0.1) is 17.2 Å². The lowest BCUT2D eigenvalue weighted by atomic mass is 9.94. The molecular formula is C10H13N3O. The third-order valence-corrected chi connectivity index (χ3v) is 2.63. The summed E-state index contributed by atoms with van der Waals surface area (Å²) in [5.41, 5.74) is 0.997. The molecule has 1 saturated heterocycles. The smallest absolute Gasteiger partial charge is 0.115 e. The van der Waals surface area contributed by atoms with Gasteiger partial charge >= 0.3 is 0 Å². The highest BCUT2D eigenvalue weighted by Gasteiger charge is 2.29. The van der Waals surface area contributed by atoms with Gasteiger partial charge in [0.05, 0.1) is 30.2 Å². The number of hydrogen-bond acceptors (Lipinski definition) is 3. The highest BCUT2D eigenvalue weighted by atomic mass is 16.5. The van der Waals surface area contributed by atoms with E-state index in [1.165, 1.54) is 0 Å². The number of aromatic nitrogens is 2. The van der Waals surface area contributed by atoms with Crippen LogP contribution in [0.2, 0.25) is 0 Å². The van der Waals surface area contributed by atoms with E-state index in [1.807, 2.05) is 11.6 Å². The Morgan fingerprint density at radius 2 is 2.57 bits per heavy atom. The van der Waals surface area contributed by atoms with Crippen LogP contribution in [0.25, 0.3) is 0 Å². The van der Waals surface area contributed by atoms with Crippen molar-refractivity contribution in [1.82, 2.24) is 9.55 Å². The van der Waals surface area contributed by atoms with Gasteiger partial charge in [-0.25, -0.2) is 4.98 Å². The number of nitriles is 1. The summed E-state index contributed by atoms with van der Waals surface area (Å²) in [6.45, 7) is 0.744. The first-order valence-corrected chi connectivity index (χ1v) is 4.80. The van der Waals surface area contributed by atoms with E-state index in [0.29, 0.717) is 0 Å². The van der Waals surface area contributed by atoms with Crippen LogP contribution < -0.4 is 0 Å². The fraction of sp³-hybridized carbons (Fsp3) is 0.600. The second-order valence-corrected chi connectivity index (χ2v) is 3.60. The van der Waals surface area contributed by atoms with Crippen molar-refractivity contribution < 1.29 is 4.74 Å². The van der Waals surface area contributed by atoms with Crippen molar-refractivity contribution in [1.29, 1.82) is 5.26 Å². The zero-order valence-corrected chi connectivity index (χ0v) is 8.18. The molecule has 4 heteroatoms. The van der Waals surface area contributed by atoms with Gasteiger partial charge in [0.1, 0.15) is 6.10 Å². The van der Waals surface area contributed by atoms with Gasteiger partial charge in [-0.2, -0.15) is 5.26 Å². The van der Waals surface area contributed by atoms with Crippen molar-refractivity contribution in [3.63, 3.8) is 0 Å². The lowest BCUT2D eigenvalue weighted by Gasteiger charge is -2.27. The van der Waals surface area contributed by atoms with Gasteiger partial charge in [-0.05, 0) is 12.8 Å². The van der Waals surface area contributed by atoms with E-state index in [0.717, 1.165) is 25.1 Å². The fourth-order valence-electron chi connectivity index (χ4n) is 1.85. The molecule has 1 aliphatic rings. The molecule has 2 heterocycles. The molecule has 14 heavy (non-hydrogen) atoms. The van der Waals surface area contributed by atoms with Crippen LogP contribution in [-0.4, -0.2) is 16.2 Å². The maximum atomic E-state index is 8.99. The molecule has 2 atom stereocenters. The first-order valence-electron chi connectivity index (χ1n) is 4.80. The molecule has 0 radical (unpaired) electrons. The van der Waals surface area contributed by atoms with Crippen LogP contribution in [0.4, 0.5) is 0 Å². The Kier molecular flexibility index (Phi) is 2.51. The quantitative estimate of drug-likeness (QED) is 0.674. The lowest BCUT2D eigenvalue weighted by molar-refractivity contribution is -0.0143. The highest BCUT2D eigenvalue weighted by molar-refractivity contribution is 5.09. The van der Waals surface area contributed by atoms with Gasteiger partial charge in [0.25, 0.3) is 0 Å². The normalized spacial score (nSPS) is 27.1. The Bertz CT molecular complexity index is 352. The third kappa shape index (κ3) is 1.51. The SMILES string of the molecule is Cn1cncc1C1OCCCC1C#N. The molecule has 0 N–H and O–H groups in total. The second-order valence-electron chi connectivity index (χ2n) is 3.60. The summed E-state index contributed by atoms with van der Waals surface area (Å²) >= 11 is 0. The topological polar surface area (TPSA) is 50.8 Å². The number of imidazole rings is 1. The number of nitrogens with zero attached hydrogens (tertiary/aromatic N) is 3. The van der Waals surface area contributed by atoms with Gasteiger partial charge in [0, 0.05) is 13.7 Å². The maximum Gasteiger partial charge on any atom is 0.115 e. The van der Waals surface area contributed by atoms with Crippen molar-refractivity contribution in [2.45, 2.75) is 18.9 Å². The van der Waals surface area contributed by atoms with Crippen LogP contribution in [-0.2, 0) is 11.8 Å². The van der Waals surface area contributed by atoms with E-state index in [-0.39, 0.29) is 12.0 Å². The minimum atomic E-state index is -0.0961. The van der Waals surface area contributed by atoms with Gasteiger partial charge in [-0.3, -0.25) is 0 Å². The molecule has 0 bridgehead atoms. The van der Waals surface area contributed by atoms with Crippen LogP contribution in [0.5, 0.6) is 0 Å². The largest absolute Gasteiger partial charge is 0.371 e. The number of hydrogen-bond donors (Lipinski definition) is 0. The van der Waals surface area contributed by atoms with Gasteiger partial charge in [0.2, 0.25) is 0 Å². The predicted octanol–water partition coefficient (Wildman–Crippen LogP) is 1.41. The third-order valence-electron chi connectivity index (χ3n) is 2.63. The summed E-state index contributed by atoms with van der Waals surface area (Å²) in [5, 5.41) is 8.99. The molecule has 74 valence electrons. The van der Waals surface area contributed by atoms with Crippen LogP contribution in [0.15, 0.2) is 12.5 Å². The highest BCUT2D eigenvalue weighted by Crippen LogP contribution is 2.32. The van der Waals surface area contributed by atoms with E-state index in [9.17, 15) is 0 Å². The molecule has 0 amide bonds. The molecule has 0 aliphatic carbocycles. The molecule has 1 aliphatic heterocycles. The first-order chi connectivity index (χ1) is 6.83. The standard InChI is InChI=1S/C10H13N3O/c1-13-7-12-6-9(13)10-8(5-11)3-2-4-14-10/h6-8,10H,2-4H2,1H3. The Hall–Kier alpha value is -1.34. The number of rotatable bonds is 1. The summed E-state index contributed by atoms with van der Waals surface area (Å²) in [6.07, 6.45) is 5.32. The van der Waals surface area contributed by atoms with Gasteiger partial charge in [-0.1, -0.05) is 0 Å². The van der Waals surface area contributed by atoms with E-state index >= 15 is 0 Å². The van der Waals surface area contributed by atoms with Gasteiger partial charge < -0.3 is 9.30 Å². The minimum Gasteiger partial charge on any atom is -0.371 e. The van der Waals surface area contributed by atoms with Gasteiger partial charge in [-0.15, -0.1) is 0 Å².